The third-order valence-corrected chi connectivity index (χ3v) is 3.66. The van der Waals surface area contributed by atoms with Crippen LogP contribution in [0.3, 0.4) is 0 Å². The molecule has 1 fully saturated rings. The molecule has 3 rings (SSSR count). The van der Waals surface area contributed by atoms with E-state index in [0.717, 1.165) is 18.5 Å². The number of hydrogen-bond acceptors (Lipinski definition) is 4. The number of nitrogens with zero attached hydrogens (tertiary/aromatic N) is 3. The number of amides is 1. The van der Waals surface area contributed by atoms with Crippen LogP contribution >= 0.6 is 11.6 Å². The maximum Gasteiger partial charge on any atom is 0.270 e. The van der Waals surface area contributed by atoms with Crippen molar-refractivity contribution in [2.24, 2.45) is 5.92 Å². The summed E-state index contributed by atoms with van der Waals surface area (Å²) in [6.07, 6.45) is 5.35. The molecule has 6 heteroatoms. The van der Waals surface area contributed by atoms with Crippen LogP contribution in [0.1, 0.15) is 40.9 Å². The van der Waals surface area contributed by atoms with E-state index in [1.807, 2.05) is 13.0 Å². The van der Waals surface area contributed by atoms with Crippen LogP contribution in [0.25, 0.3) is 0 Å². The van der Waals surface area contributed by atoms with E-state index in [-0.39, 0.29) is 11.9 Å². The Morgan fingerprint density at radius 2 is 2.14 bits per heavy atom. The first-order valence-corrected chi connectivity index (χ1v) is 7.23. The minimum Gasteiger partial charge on any atom is -0.340 e. The molecule has 1 amide bonds. The first-order chi connectivity index (χ1) is 10.1. The Morgan fingerprint density at radius 3 is 2.76 bits per heavy atom. The van der Waals surface area contributed by atoms with Crippen LogP contribution in [0.15, 0.2) is 30.6 Å². The summed E-state index contributed by atoms with van der Waals surface area (Å²) >= 11 is 5.78. The van der Waals surface area contributed by atoms with Crippen LogP contribution in [0.5, 0.6) is 0 Å². The zero-order valence-corrected chi connectivity index (χ0v) is 12.3. The fraction of sp³-hybridized carbons (Fsp3) is 0.333. The Hall–Kier alpha value is -2.01. The van der Waals surface area contributed by atoms with Gasteiger partial charge in [-0.25, -0.2) is 15.0 Å². The highest BCUT2D eigenvalue weighted by Gasteiger charge is 2.35. The first kappa shape index (κ1) is 13.9. The average Bonchev–Trinajstić information content (AvgIpc) is 3.30. The Balaban J connectivity index is 1.79. The van der Waals surface area contributed by atoms with Crippen LogP contribution in [-0.4, -0.2) is 20.9 Å². The summed E-state index contributed by atoms with van der Waals surface area (Å²) in [7, 11) is 0. The number of aromatic nitrogens is 3. The van der Waals surface area contributed by atoms with Gasteiger partial charge in [0.05, 0.1) is 11.1 Å². The van der Waals surface area contributed by atoms with Crippen molar-refractivity contribution in [3.8, 4) is 0 Å². The molecule has 1 aliphatic carbocycles. The van der Waals surface area contributed by atoms with Crippen molar-refractivity contribution in [2.75, 3.05) is 0 Å². The molecule has 1 saturated carbocycles. The molecule has 0 aromatic carbocycles. The fourth-order valence-electron chi connectivity index (χ4n) is 2.17. The van der Waals surface area contributed by atoms with Crippen molar-refractivity contribution in [1.29, 1.82) is 0 Å². The molecule has 21 heavy (non-hydrogen) atoms. The Labute approximate surface area is 127 Å². The number of carbonyl (C=O) groups is 1. The number of nitrogens with one attached hydrogen (secondary N) is 1. The van der Waals surface area contributed by atoms with E-state index < -0.39 is 0 Å². The second-order valence-electron chi connectivity index (χ2n) is 5.21. The fourth-order valence-corrected chi connectivity index (χ4v) is 2.28. The van der Waals surface area contributed by atoms with Gasteiger partial charge in [0.25, 0.3) is 5.91 Å². The maximum absolute atomic E-state index is 12.3. The van der Waals surface area contributed by atoms with Crippen LogP contribution in [0.4, 0.5) is 0 Å². The summed E-state index contributed by atoms with van der Waals surface area (Å²) in [5.74, 6) is 0.844. The Morgan fingerprint density at radius 1 is 1.33 bits per heavy atom. The van der Waals surface area contributed by atoms with E-state index in [1.54, 1.807) is 18.3 Å². The Bertz CT molecular complexity index is 655. The molecular weight excluding hydrogens is 288 g/mol. The van der Waals surface area contributed by atoms with Crippen LogP contribution in [0, 0.1) is 12.8 Å². The predicted molar refractivity (Wildman–Crippen MR) is 78.9 cm³/mol. The van der Waals surface area contributed by atoms with Crippen molar-refractivity contribution in [3.05, 3.63) is 52.8 Å². The summed E-state index contributed by atoms with van der Waals surface area (Å²) in [5, 5.41) is 3.50. The van der Waals surface area contributed by atoms with Crippen LogP contribution in [0.2, 0.25) is 5.02 Å². The molecule has 0 aliphatic heterocycles. The van der Waals surface area contributed by atoms with Gasteiger partial charge in [-0.05, 0) is 43.9 Å². The first-order valence-electron chi connectivity index (χ1n) is 6.85. The number of pyridine rings is 1. The van der Waals surface area contributed by atoms with Gasteiger partial charge in [0, 0.05) is 18.1 Å². The molecule has 0 spiro atoms. The summed E-state index contributed by atoms with van der Waals surface area (Å²) in [6, 6.07) is 4.95. The second kappa shape index (κ2) is 5.77. The molecule has 0 unspecified atom stereocenters. The lowest BCUT2D eigenvalue weighted by Gasteiger charge is -2.16. The van der Waals surface area contributed by atoms with Crippen molar-refractivity contribution < 1.29 is 4.79 Å². The third kappa shape index (κ3) is 3.36. The van der Waals surface area contributed by atoms with Gasteiger partial charge in [0.1, 0.15) is 5.69 Å². The molecule has 2 heterocycles. The van der Waals surface area contributed by atoms with Gasteiger partial charge in [0.15, 0.2) is 5.82 Å². The minimum atomic E-state index is -0.228. The number of rotatable bonds is 4. The molecule has 1 aliphatic rings. The normalized spacial score (nSPS) is 15.5. The van der Waals surface area contributed by atoms with Gasteiger partial charge >= 0.3 is 0 Å². The number of aryl methyl sites for hydroxylation is 1. The zero-order valence-electron chi connectivity index (χ0n) is 11.6. The third-order valence-electron chi connectivity index (χ3n) is 3.43. The number of carbonyl (C=O) groups excluding carboxylic acids is 1. The lowest BCUT2D eigenvalue weighted by Crippen LogP contribution is -2.31. The molecular formula is C15H15ClN4O. The van der Waals surface area contributed by atoms with Gasteiger partial charge in [-0.15, -0.1) is 0 Å². The SMILES string of the molecule is Cc1ccnc([C@@H](NC(=O)c2ccc(Cl)cn2)C2CC2)n1. The van der Waals surface area contributed by atoms with Gasteiger partial charge in [-0.1, -0.05) is 11.6 Å². The zero-order chi connectivity index (χ0) is 14.8. The molecule has 0 radical (unpaired) electrons. The van der Waals surface area contributed by atoms with Gasteiger partial charge in [0.2, 0.25) is 0 Å². The van der Waals surface area contributed by atoms with E-state index >= 15 is 0 Å². The molecule has 2 aromatic heterocycles. The minimum absolute atomic E-state index is 0.158. The van der Waals surface area contributed by atoms with Crippen LogP contribution in [-0.2, 0) is 0 Å². The van der Waals surface area contributed by atoms with E-state index in [9.17, 15) is 4.79 Å². The quantitative estimate of drug-likeness (QED) is 0.943. The number of hydrogen-bond donors (Lipinski definition) is 1. The maximum atomic E-state index is 12.3. The standard InChI is InChI=1S/C15H15ClN4O/c1-9-6-7-17-14(19-9)13(10-2-3-10)20-15(21)12-5-4-11(16)8-18-12/h4-8,10,13H,2-3H2,1H3,(H,20,21)/t13-/m0/s1. The smallest absolute Gasteiger partial charge is 0.270 e. The van der Waals surface area contributed by atoms with E-state index in [2.05, 4.69) is 20.3 Å². The van der Waals surface area contributed by atoms with Crippen molar-refractivity contribution in [2.45, 2.75) is 25.8 Å². The predicted octanol–water partition coefficient (Wildman–Crippen LogP) is 2.71. The lowest BCUT2D eigenvalue weighted by molar-refractivity contribution is 0.0924. The van der Waals surface area contributed by atoms with E-state index in [4.69, 9.17) is 11.6 Å². The number of halogens is 1. The Kier molecular flexibility index (Phi) is 3.84. The summed E-state index contributed by atoms with van der Waals surface area (Å²) in [5.41, 5.74) is 1.24. The highest BCUT2D eigenvalue weighted by atomic mass is 35.5. The molecule has 1 N–H and O–H groups in total. The van der Waals surface area contributed by atoms with Crippen molar-refractivity contribution >= 4 is 17.5 Å². The van der Waals surface area contributed by atoms with E-state index in [1.165, 1.54) is 6.20 Å². The van der Waals surface area contributed by atoms with Crippen LogP contribution < -0.4 is 5.32 Å². The second-order valence-corrected chi connectivity index (χ2v) is 5.64. The van der Waals surface area contributed by atoms with E-state index in [0.29, 0.717) is 22.5 Å². The van der Waals surface area contributed by atoms with Gasteiger partial charge in [-0.3, -0.25) is 4.79 Å². The largest absolute Gasteiger partial charge is 0.340 e. The molecule has 2 aromatic rings. The highest BCUT2D eigenvalue weighted by Crippen LogP contribution is 2.40. The summed E-state index contributed by atoms with van der Waals surface area (Å²) < 4.78 is 0. The van der Waals surface area contributed by atoms with Crippen molar-refractivity contribution in [3.63, 3.8) is 0 Å². The molecule has 0 bridgehead atoms. The summed E-state index contributed by atoms with van der Waals surface area (Å²) in [6.45, 7) is 1.91. The molecule has 0 saturated heterocycles. The van der Waals surface area contributed by atoms with Crippen molar-refractivity contribution in [1.82, 2.24) is 20.3 Å². The summed E-state index contributed by atoms with van der Waals surface area (Å²) in [4.78, 5) is 25.0. The lowest BCUT2D eigenvalue weighted by atomic mass is 10.1. The van der Waals surface area contributed by atoms with Gasteiger partial charge < -0.3 is 5.32 Å². The highest BCUT2D eigenvalue weighted by molar-refractivity contribution is 6.30. The monoisotopic (exact) mass is 302 g/mol. The molecule has 5 nitrogen and oxygen atoms in total. The molecule has 1 atom stereocenters. The average molecular weight is 303 g/mol. The van der Waals surface area contributed by atoms with Gasteiger partial charge in [-0.2, -0.15) is 0 Å². The topological polar surface area (TPSA) is 67.8 Å². The molecule has 108 valence electrons.